The Kier molecular flexibility index (Phi) is 8.55. The third-order valence-corrected chi connectivity index (χ3v) is 7.68. The SMILES string of the molecule is CC(C)(F)CN1CCC(COc2ccc(C3=CC=CCC3(F)C(=O)N3CCCC[C@@H]3C(N)=O)cc2F)CC1. The Bertz CT molecular complexity index is 1090. The standard InChI is InChI=1S/C29H38F3N3O3/c1-28(2,31)19-34-15-11-20(12-16-34)18-38-25-10-9-21(17-23(25)30)22-7-3-5-13-29(22,32)27(37)35-14-6-4-8-24(35)26(33)36/h3,5,7,9-10,17,20,24H,4,6,8,11-16,18-19H2,1-2H3,(H2,33,36)/t24-,29?/m1/s1. The van der Waals surface area contributed by atoms with Crippen molar-refractivity contribution in [2.45, 2.75) is 69.8 Å². The molecular weight excluding hydrogens is 495 g/mol. The van der Waals surface area contributed by atoms with Crippen molar-refractivity contribution in [2.75, 3.05) is 32.8 Å². The Hall–Kier alpha value is -2.81. The van der Waals surface area contributed by atoms with Crippen LogP contribution in [0.4, 0.5) is 13.2 Å². The first-order valence-electron chi connectivity index (χ1n) is 13.5. The number of rotatable bonds is 8. The second-order valence-electron chi connectivity index (χ2n) is 11.3. The zero-order chi connectivity index (χ0) is 27.5. The number of hydrogen-bond acceptors (Lipinski definition) is 4. The minimum absolute atomic E-state index is 0.0485. The number of nitrogens with zero attached hydrogens (tertiary/aromatic N) is 2. The maximum absolute atomic E-state index is 16.5. The first-order valence-corrected chi connectivity index (χ1v) is 13.5. The Morgan fingerprint density at radius 3 is 2.55 bits per heavy atom. The summed E-state index contributed by atoms with van der Waals surface area (Å²) in [5.41, 5.74) is 2.12. The van der Waals surface area contributed by atoms with E-state index >= 15 is 8.78 Å². The minimum Gasteiger partial charge on any atom is -0.490 e. The summed E-state index contributed by atoms with van der Waals surface area (Å²) in [5, 5.41) is 0. The average Bonchev–Trinajstić information content (AvgIpc) is 2.87. The fraction of sp³-hybridized carbons (Fsp3) is 0.586. The Morgan fingerprint density at radius 2 is 1.89 bits per heavy atom. The van der Waals surface area contributed by atoms with E-state index in [1.165, 1.54) is 23.1 Å². The summed E-state index contributed by atoms with van der Waals surface area (Å²) < 4.78 is 51.2. The lowest BCUT2D eigenvalue weighted by Gasteiger charge is -2.39. The summed E-state index contributed by atoms with van der Waals surface area (Å²) >= 11 is 0. The van der Waals surface area contributed by atoms with Crippen molar-refractivity contribution in [3.63, 3.8) is 0 Å². The quantitative estimate of drug-likeness (QED) is 0.531. The summed E-state index contributed by atoms with van der Waals surface area (Å²) in [6, 6.07) is 3.36. The van der Waals surface area contributed by atoms with Gasteiger partial charge in [0.25, 0.3) is 5.91 Å². The molecular formula is C29H38F3N3O3. The molecule has 2 amide bonds. The Morgan fingerprint density at radius 1 is 1.16 bits per heavy atom. The molecule has 1 aliphatic carbocycles. The monoisotopic (exact) mass is 533 g/mol. The van der Waals surface area contributed by atoms with Gasteiger partial charge in [-0.25, -0.2) is 13.2 Å². The van der Waals surface area contributed by atoms with Gasteiger partial charge in [0.2, 0.25) is 11.6 Å². The molecule has 2 aliphatic heterocycles. The van der Waals surface area contributed by atoms with Gasteiger partial charge < -0.3 is 20.3 Å². The molecule has 6 nitrogen and oxygen atoms in total. The molecule has 2 fully saturated rings. The van der Waals surface area contributed by atoms with E-state index in [0.717, 1.165) is 32.4 Å². The van der Waals surface area contributed by atoms with E-state index in [-0.39, 0.29) is 35.8 Å². The van der Waals surface area contributed by atoms with Crippen molar-refractivity contribution in [1.29, 1.82) is 0 Å². The van der Waals surface area contributed by atoms with Crippen molar-refractivity contribution in [3.05, 3.63) is 47.8 Å². The van der Waals surface area contributed by atoms with E-state index in [2.05, 4.69) is 4.90 Å². The van der Waals surface area contributed by atoms with E-state index in [4.69, 9.17) is 10.5 Å². The molecule has 0 saturated carbocycles. The van der Waals surface area contributed by atoms with Gasteiger partial charge in [-0.3, -0.25) is 9.59 Å². The highest BCUT2D eigenvalue weighted by molar-refractivity contribution is 6.02. The normalized spacial score (nSPS) is 25.2. The van der Waals surface area contributed by atoms with Crippen LogP contribution in [0.3, 0.4) is 0 Å². The van der Waals surface area contributed by atoms with Gasteiger partial charge in [0.15, 0.2) is 11.6 Å². The van der Waals surface area contributed by atoms with Gasteiger partial charge in [-0.1, -0.05) is 24.3 Å². The number of carbonyl (C=O) groups excluding carboxylic acids is 2. The molecule has 0 spiro atoms. The van der Waals surface area contributed by atoms with Crippen LogP contribution in [-0.2, 0) is 9.59 Å². The summed E-state index contributed by atoms with van der Waals surface area (Å²) in [6.07, 6.45) is 7.94. The van der Waals surface area contributed by atoms with Crippen LogP contribution in [0.5, 0.6) is 5.75 Å². The van der Waals surface area contributed by atoms with Crippen LogP contribution in [0.15, 0.2) is 36.4 Å². The summed E-state index contributed by atoms with van der Waals surface area (Å²) in [4.78, 5) is 28.7. The highest BCUT2D eigenvalue weighted by atomic mass is 19.1. The number of carbonyl (C=O) groups is 2. The zero-order valence-corrected chi connectivity index (χ0v) is 22.2. The van der Waals surface area contributed by atoms with Crippen molar-refractivity contribution >= 4 is 17.4 Å². The molecule has 208 valence electrons. The lowest BCUT2D eigenvalue weighted by Crippen LogP contribution is -2.56. The fourth-order valence-corrected chi connectivity index (χ4v) is 5.70. The molecule has 0 radical (unpaired) electrons. The number of amides is 2. The number of halogens is 3. The van der Waals surface area contributed by atoms with E-state index in [0.29, 0.717) is 26.0 Å². The van der Waals surface area contributed by atoms with Crippen LogP contribution in [0, 0.1) is 11.7 Å². The second kappa shape index (κ2) is 11.5. The maximum atomic E-state index is 16.5. The number of piperidine rings is 2. The van der Waals surface area contributed by atoms with Crippen LogP contribution in [-0.4, -0.2) is 71.8 Å². The molecule has 2 N–H and O–H groups in total. The topological polar surface area (TPSA) is 75.9 Å². The average molecular weight is 534 g/mol. The fourth-order valence-electron chi connectivity index (χ4n) is 5.70. The first-order chi connectivity index (χ1) is 18.0. The van der Waals surface area contributed by atoms with Crippen LogP contribution in [0.1, 0.15) is 57.9 Å². The number of primary amides is 1. The molecule has 0 bridgehead atoms. The molecule has 4 rings (SSSR count). The van der Waals surface area contributed by atoms with Gasteiger partial charge in [-0.15, -0.1) is 0 Å². The van der Waals surface area contributed by atoms with E-state index in [9.17, 15) is 14.0 Å². The van der Waals surface area contributed by atoms with Crippen molar-refractivity contribution in [3.8, 4) is 5.75 Å². The van der Waals surface area contributed by atoms with Crippen molar-refractivity contribution in [2.24, 2.45) is 11.7 Å². The summed E-state index contributed by atoms with van der Waals surface area (Å²) in [7, 11) is 0. The molecule has 2 saturated heterocycles. The lowest BCUT2D eigenvalue weighted by molar-refractivity contribution is -0.148. The van der Waals surface area contributed by atoms with Crippen LogP contribution in [0.25, 0.3) is 5.57 Å². The predicted octanol–water partition coefficient (Wildman–Crippen LogP) is 4.58. The number of likely N-dealkylation sites (tertiary alicyclic amines) is 2. The van der Waals surface area contributed by atoms with Crippen LogP contribution in [0.2, 0.25) is 0 Å². The number of hydrogen-bond donors (Lipinski definition) is 1. The maximum Gasteiger partial charge on any atom is 0.265 e. The van der Waals surface area contributed by atoms with Gasteiger partial charge >= 0.3 is 0 Å². The lowest BCUT2D eigenvalue weighted by atomic mass is 9.82. The predicted molar refractivity (Wildman–Crippen MR) is 140 cm³/mol. The highest BCUT2D eigenvalue weighted by Crippen LogP contribution is 2.41. The summed E-state index contributed by atoms with van der Waals surface area (Å²) in [6.45, 7) is 5.66. The molecule has 1 aromatic carbocycles. The third-order valence-electron chi connectivity index (χ3n) is 7.68. The molecule has 2 heterocycles. The van der Waals surface area contributed by atoms with Crippen molar-refractivity contribution < 1.29 is 27.5 Å². The number of allylic oxidation sites excluding steroid dienone is 3. The molecule has 0 aromatic heterocycles. The minimum atomic E-state index is -2.43. The van der Waals surface area contributed by atoms with Crippen LogP contribution < -0.4 is 10.5 Å². The molecule has 38 heavy (non-hydrogen) atoms. The van der Waals surface area contributed by atoms with Gasteiger partial charge in [0.05, 0.1) is 6.61 Å². The first kappa shape index (κ1) is 28.2. The van der Waals surface area contributed by atoms with E-state index in [1.54, 1.807) is 32.1 Å². The zero-order valence-electron chi connectivity index (χ0n) is 22.2. The highest BCUT2D eigenvalue weighted by Gasteiger charge is 2.48. The number of alkyl halides is 2. The van der Waals surface area contributed by atoms with Crippen LogP contribution >= 0.6 is 0 Å². The number of benzene rings is 1. The van der Waals surface area contributed by atoms with Crippen molar-refractivity contribution in [1.82, 2.24) is 9.80 Å². The molecule has 1 aromatic rings. The number of ether oxygens (including phenoxy) is 1. The largest absolute Gasteiger partial charge is 0.490 e. The molecule has 1 unspecified atom stereocenters. The third kappa shape index (κ3) is 6.42. The van der Waals surface area contributed by atoms with Gasteiger partial charge in [-0.05, 0) is 82.7 Å². The smallest absolute Gasteiger partial charge is 0.265 e. The second-order valence-corrected chi connectivity index (χ2v) is 11.3. The molecule has 2 atom stereocenters. The number of nitrogens with two attached hydrogens (primary N) is 1. The van der Waals surface area contributed by atoms with Gasteiger partial charge in [-0.2, -0.15) is 0 Å². The molecule has 9 heteroatoms. The van der Waals surface area contributed by atoms with E-state index < -0.39 is 35.0 Å². The summed E-state index contributed by atoms with van der Waals surface area (Å²) in [5.74, 6) is -1.81. The van der Waals surface area contributed by atoms with Gasteiger partial charge in [0.1, 0.15) is 11.7 Å². The van der Waals surface area contributed by atoms with Gasteiger partial charge in [0, 0.05) is 25.1 Å². The Labute approximate surface area is 222 Å². The van der Waals surface area contributed by atoms with E-state index in [1.807, 2.05) is 0 Å². The molecule has 3 aliphatic rings. The Balaban J connectivity index is 1.43.